The third-order valence-electron chi connectivity index (χ3n) is 2.12. The van der Waals surface area contributed by atoms with E-state index in [9.17, 15) is 4.79 Å². The van der Waals surface area contributed by atoms with Gasteiger partial charge in [0, 0.05) is 23.2 Å². The zero-order valence-electron chi connectivity index (χ0n) is 7.69. The molecule has 0 radical (unpaired) electrons. The minimum absolute atomic E-state index is 0.650. The number of pyridine rings is 1. The van der Waals surface area contributed by atoms with Crippen LogP contribution in [0.25, 0.3) is 10.8 Å². The molecule has 0 amide bonds. The second-order valence-corrected chi connectivity index (χ2v) is 3.03. The number of rotatable bonds is 1. The van der Waals surface area contributed by atoms with Crippen molar-refractivity contribution in [1.82, 2.24) is 4.98 Å². The molecule has 1 heterocycles. The van der Waals surface area contributed by atoms with Gasteiger partial charge in [-0.05, 0) is 18.6 Å². The van der Waals surface area contributed by atoms with Crippen molar-refractivity contribution in [2.45, 2.75) is 6.92 Å². The fourth-order valence-electron chi connectivity index (χ4n) is 1.53. The van der Waals surface area contributed by atoms with E-state index in [1.807, 2.05) is 19.1 Å². The number of isocyanates is 1. The third kappa shape index (κ3) is 1.30. The van der Waals surface area contributed by atoms with Crippen LogP contribution in [0.4, 0.5) is 5.69 Å². The Bertz CT molecular complexity index is 523. The largest absolute Gasteiger partial charge is 0.264 e. The van der Waals surface area contributed by atoms with Gasteiger partial charge in [-0.1, -0.05) is 12.1 Å². The van der Waals surface area contributed by atoms with Gasteiger partial charge in [-0.2, -0.15) is 4.99 Å². The molecule has 3 nitrogen and oxygen atoms in total. The van der Waals surface area contributed by atoms with E-state index in [2.05, 4.69) is 9.98 Å². The van der Waals surface area contributed by atoms with Crippen LogP contribution in [-0.4, -0.2) is 11.1 Å². The average molecular weight is 184 g/mol. The minimum Gasteiger partial charge on any atom is -0.264 e. The summed E-state index contributed by atoms with van der Waals surface area (Å²) >= 11 is 0. The smallest absolute Gasteiger partial charge is 0.240 e. The van der Waals surface area contributed by atoms with Gasteiger partial charge in [0.1, 0.15) is 0 Å². The number of benzene rings is 1. The van der Waals surface area contributed by atoms with Crippen molar-refractivity contribution in [3.8, 4) is 0 Å². The van der Waals surface area contributed by atoms with E-state index in [1.165, 1.54) is 0 Å². The highest BCUT2D eigenvalue weighted by atomic mass is 16.1. The molecule has 0 fully saturated rings. The van der Waals surface area contributed by atoms with E-state index >= 15 is 0 Å². The lowest BCUT2D eigenvalue weighted by Crippen LogP contribution is -1.81. The molecule has 0 saturated heterocycles. The van der Waals surface area contributed by atoms with Crippen LogP contribution in [-0.2, 0) is 4.79 Å². The summed E-state index contributed by atoms with van der Waals surface area (Å²) in [6.45, 7) is 1.94. The van der Waals surface area contributed by atoms with E-state index in [0.717, 1.165) is 16.3 Å². The van der Waals surface area contributed by atoms with Crippen molar-refractivity contribution in [3.05, 3.63) is 36.2 Å². The van der Waals surface area contributed by atoms with E-state index in [-0.39, 0.29) is 0 Å². The molecule has 1 aromatic heterocycles. The second kappa shape index (κ2) is 3.40. The number of aliphatic imine (C=N–C) groups is 1. The van der Waals surface area contributed by atoms with Crippen molar-refractivity contribution in [1.29, 1.82) is 0 Å². The summed E-state index contributed by atoms with van der Waals surface area (Å²) in [5, 5.41) is 1.95. The zero-order valence-corrected chi connectivity index (χ0v) is 7.69. The monoisotopic (exact) mass is 184 g/mol. The predicted molar refractivity (Wildman–Crippen MR) is 54.3 cm³/mol. The fourth-order valence-corrected chi connectivity index (χ4v) is 1.53. The maximum atomic E-state index is 10.2. The Kier molecular flexibility index (Phi) is 2.09. The first kappa shape index (κ1) is 8.60. The quantitative estimate of drug-likeness (QED) is 0.504. The normalized spacial score (nSPS) is 9.79. The molecule has 0 saturated carbocycles. The molecule has 2 aromatic rings. The van der Waals surface area contributed by atoms with Gasteiger partial charge in [-0.3, -0.25) is 4.98 Å². The van der Waals surface area contributed by atoms with Crippen molar-refractivity contribution >= 4 is 22.5 Å². The van der Waals surface area contributed by atoms with Crippen molar-refractivity contribution in [2.75, 3.05) is 0 Å². The summed E-state index contributed by atoms with van der Waals surface area (Å²) in [4.78, 5) is 18.0. The van der Waals surface area contributed by atoms with Crippen LogP contribution >= 0.6 is 0 Å². The number of aromatic nitrogens is 1. The maximum Gasteiger partial charge on any atom is 0.240 e. The summed E-state index contributed by atoms with van der Waals surface area (Å²) in [6.07, 6.45) is 5.07. The Hall–Kier alpha value is -1.99. The van der Waals surface area contributed by atoms with Crippen molar-refractivity contribution in [2.24, 2.45) is 4.99 Å². The van der Waals surface area contributed by atoms with Crippen LogP contribution in [0.2, 0.25) is 0 Å². The van der Waals surface area contributed by atoms with Gasteiger partial charge in [0.25, 0.3) is 0 Å². The number of carbonyl (C=O) groups excluding carboxylic acids is 1. The number of aryl methyl sites for hydroxylation is 1. The Balaban J connectivity index is 2.90. The molecule has 0 unspecified atom stereocenters. The fraction of sp³-hybridized carbons (Fsp3) is 0.0909. The lowest BCUT2D eigenvalue weighted by atomic mass is 10.1. The highest BCUT2D eigenvalue weighted by Crippen LogP contribution is 2.27. The summed E-state index contributed by atoms with van der Waals surface area (Å²) in [5.41, 5.74) is 1.66. The van der Waals surface area contributed by atoms with Gasteiger partial charge in [-0.25, -0.2) is 4.79 Å². The number of nitrogens with zero attached hydrogens (tertiary/aromatic N) is 2. The van der Waals surface area contributed by atoms with Crippen LogP contribution < -0.4 is 0 Å². The molecular formula is C11H8N2O. The first-order valence-corrected chi connectivity index (χ1v) is 4.24. The summed E-state index contributed by atoms with van der Waals surface area (Å²) in [7, 11) is 0. The maximum absolute atomic E-state index is 10.2. The Labute approximate surface area is 81.1 Å². The molecule has 3 heteroatoms. The highest BCUT2D eigenvalue weighted by Gasteiger charge is 2.02. The molecule has 68 valence electrons. The first-order valence-electron chi connectivity index (χ1n) is 4.24. The topological polar surface area (TPSA) is 42.3 Å². The van der Waals surface area contributed by atoms with E-state index in [0.29, 0.717) is 5.69 Å². The van der Waals surface area contributed by atoms with Gasteiger partial charge in [0.05, 0.1) is 5.69 Å². The van der Waals surface area contributed by atoms with Crippen molar-refractivity contribution in [3.63, 3.8) is 0 Å². The van der Waals surface area contributed by atoms with Crippen LogP contribution in [0.5, 0.6) is 0 Å². The molecular weight excluding hydrogens is 176 g/mol. The molecule has 2 rings (SSSR count). The van der Waals surface area contributed by atoms with Crippen LogP contribution in [0.15, 0.2) is 35.6 Å². The number of hydrogen-bond donors (Lipinski definition) is 0. The van der Waals surface area contributed by atoms with Crippen LogP contribution in [0.1, 0.15) is 5.56 Å². The summed E-state index contributed by atoms with van der Waals surface area (Å²) in [6, 6.07) is 5.58. The highest BCUT2D eigenvalue weighted by molar-refractivity contribution is 5.95. The SMILES string of the molecule is Cc1cncc2cccc(N=C=O)c12. The lowest BCUT2D eigenvalue weighted by Gasteiger charge is -2.02. The Morgan fingerprint density at radius 3 is 3.00 bits per heavy atom. The van der Waals surface area contributed by atoms with E-state index in [1.54, 1.807) is 24.5 Å². The molecule has 0 bridgehead atoms. The van der Waals surface area contributed by atoms with Gasteiger partial charge in [-0.15, -0.1) is 0 Å². The first-order chi connectivity index (χ1) is 6.83. The Morgan fingerprint density at radius 1 is 1.36 bits per heavy atom. The molecule has 14 heavy (non-hydrogen) atoms. The van der Waals surface area contributed by atoms with Gasteiger partial charge in [0.2, 0.25) is 6.08 Å². The molecule has 0 aliphatic heterocycles. The lowest BCUT2D eigenvalue weighted by molar-refractivity contribution is 0.565. The molecule has 0 atom stereocenters. The number of hydrogen-bond acceptors (Lipinski definition) is 3. The second-order valence-electron chi connectivity index (χ2n) is 3.03. The van der Waals surface area contributed by atoms with E-state index in [4.69, 9.17) is 0 Å². The molecule has 0 aliphatic rings. The summed E-state index contributed by atoms with van der Waals surface area (Å²) < 4.78 is 0. The molecule has 0 aliphatic carbocycles. The van der Waals surface area contributed by atoms with Crippen LogP contribution in [0.3, 0.4) is 0 Å². The molecule has 0 spiro atoms. The van der Waals surface area contributed by atoms with Gasteiger partial charge >= 0.3 is 0 Å². The minimum atomic E-state index is 0.650. The standard InChI is InChI=1S/C11H8N2O/c1-8-5-12-6-9-3-2-4-10(11(8)9)13-7-14/h2-6H,1H3. The van der Waals surface area contributed by atoms with Crippen LogP contribution in [0, 0.1) is 6.92 Å². The molecule has 1 aromatic carbocycles. The molecule has 0 N–H and O–H groups in total. The third-order valence-corrected chi connectivity index (χ3v) is 2.12. The zero-order chi connectivity index (χ0) is 9.97. The van der Waals surface area contributed by atoms with Gasteiger partial charge in [0.15, 0.2) is 0 Å². The predicted octanol–water partition coefficient (Wildman–Crippen LogP) is 2.51. The van der Waals surface area contributed by atoms with Gasteiger partial charge < -0.3 is 0 Å². The summed E-state index contributed by atoms with van der Waals surface area (Å²) in [5.74, 6) is 0. The Morgan fingerprint density at radius 2 is 2.21 bits per heavy atom. The van der Waals surface area contributed by atoms with Crippen molar-refractivity contribution < 1.29 is 4.79 Å². The number of fused-ring (bicyclic) bond motifs is 1. The average Bonchev–Trinajstić information content (AvgIpc) is 2.19. The van der Waals surface area contributed by atoms with E-state index < -0.39 is 0 Å².